The molecule has 0 bridgehead atoms. The Labute approximate surface area is 190 Å². The number of piperazine rings is 1. The smallest absolute Gasteiger partial charge is 0.351 e. The van der Waals surface area contributed by atoms with E-state index in [0.717, 1.165) is 36.2 Å². The maximum absolute atomic E-state index is 13.4. The number of hydrogen-bond acceptors (Lipinski definition) is 6. The van der Waals surface area contributed by atoms with E-state index in [1.165, 1.54) is 10.4 Å². The van der Waals surface area contributed by atoms with Crippen molar-refractivity contribution in [1.82, 2.24) is 9.29 Å². The molecule has 180 valence electrons. The average Bonchev–Trinajstić information content (AvgIpc) is 3.20. The van der Waals surface area contributed by atoms with Gasteiger partial charge in [0.1, 0.15) is 5.82 Å². The fourth-order valence-corrected chi connectivity index (χ4v) is 6.16. The van der Waals surface area contributed by atoms with Crippen LogP contribution in [0.4, 0.5) is 19.0 Å². The Balaban J connectivity index is 1.53. The highest BCUT2D eigenvalue weighted by atomic mass is 32.2. The fourth-order valence-electron chi connectivity index (χ4n) is 4.66. The lowest BCUT2D eigenvalue weighted by molar-refractivity contribution is -0.245. The zero-order chi connectivity index (χ0) is 23.8. The van der Waals surface area contributed by atoms with Gasteiger partial charge in [-0.2, -0.15) is 17.5 Å². The summed E-state index contributed by atoms with van der Waals surface area (Å²) in [5.41, 5.74) is 1.12. The molecule has 0 radical (unpaired) electrons. The third kappa shape index (κ3) is 4.72. The molecule has 1 aromatic carbocycles. The number of hydrogen-bond donors (Lipinski definition) is 1. The lowest BCUT2D eigenvalue weighted by Gasteiger charge is -2.41. The summed E-state index contributed by atoms with van der Waals surface area (Å²) < 4.78 is 66.8. The van der Waals surface area contributed by atoms with Crippen molar-refractivity contribution < 1.29 is 31.7 Å². The molecule has 11 heteroatoms. The molecule has 2 heterocycles. The summed E-state index contributed by atoms with van der Waals surface area (Å²) in [5.74, 6) is 0.349. The van der Waals surface area contributed by atoms with Crippen molar-refractivity contribution in [2.45, 2.75) is 49.2 Å². The van der Waals surface area contributed by atoms with Gasteiger partial charge in [-0.25, -0.2) is 18.3 Å². The number of fused-ring (bicyclic) bond motifs is 1. The number of halogens is 3. The molecule has 1 aliphatic heterocycles. The van der Waals surface area contributed by atoms with E-state index in [2.05, 4.69) is 9.87 Å². The Morgan fingerprint density at radius 3 is 2.64 bits per heavy atom. The molecule has 33 heavy (non-hydrogen) atoms. The van der Waals surface area contributed by atoms with E-state index in [4.69, 9.17) is 5.26 Å². The monoisotopic (exact) mass is 485 g/mol. The molecule has 1 aromatic heterocycles. The topological polar surface area (TPSA) is 83.0 Å². The molecule has 0 amide bonds. The summed E-state index contributed by atoms with van der Waals surface area (Å²) in [6.45, 7) is 2.76. The Bertz CT molecular complexity index is 1090. The van der Waals surface area contributed by atoms with Crippen molar-refractivity contribution in [2.75, 3.05) is 31.1 Å². The molecule has 0 spiro atoms. The number of benzene rings is 1. The number of pyridine rings is 1. The van der Waals surface area contributed by atoms with E-state index >= 15 is 0 Å². The predicted molar refractivity (Wildman–Crippen MR) is 116 cm³/mol. The number of aromatic nitrogens is 1. The number of nitrogens with zero attached hydrogens (tertiary/aromatic N) is 3. The Hall–Kier alpha value is -2.21. The SMILES string of the molecule is CCC1CN(S(=O)(=O)c2ccc3c(c2)C(COO)CC3)CCN1c1ccc(C(F)(F)F)cn1. The summed E-state index contributed by atoms with van der Waals surface area (Å²) >= 11 is 0. The van der Waals surface area contributed by atoms with Crippen LogP contribution < -0.4 is 4.90 Å². The van der Waals surface area contributed by atoms with E-state index < -0.39 is 21.8 Å². The quantitative estimate of drug-likeness (QED) is 0.494. The fraction of sp³-hybridized carbons (Fsp3) is 0.500. The van der Waals surface area contributed by atoms with Gasteiger partial charge < -0.3 is 4.90 Å². The second kappa shape index (κ2) is 9.21. The Morgan fingerprint density at radius 2 is 2.00 bits per heavy atom. The van der Waals surface area contributed by atoms with Crippen LogP contribution in [0.15, 0.2) is 41.4 Å². The van der Waals surface area contributed by atoms with Crippen LogP contribution >= 0.6 is 0 Å². The second-order valence-corrected chi connectivity index (χ2v) is 10.4. The van der Waals surface area contributed by atoms with Crippen molar-refractivity contribution in [1.29, 1.82) is 0 Å². The van der Waals surface area contributed by atoms with Crippen LogP contribution in [0.25, 0.3) is 0 Å². The van der Waals surface area contributed by atoms with Gasteiger partial charge in [0.2, 0.25) is 10.0 Å². The zero-order valence-corrected chi connectivity index (χ0v) is 18.9. The molecule has 1 aliphatic carbocycles. The molecule has 2 unspecified atom stereocenters. The van der Waals surface area contributed by atoms with Crippen molar-refractivity contribution >= 4 is 15.8 Å². The number of aryl methyl sites for hydroxylation is 1. The van der Waals surface area contributed by atoms with Gasteiger partial charge in [0.05, 0.1) is 17.1 Å². The molecule has 7 nitrogen and oxygen atoms in total. The minimum absolute atomic E-state index is 0.0499. The van der Waals surface area contributed by atoms with Crippen LogP contribution in [0.5, 0.6) is 0 Å². The van der Waals surface area contributed by atoms with Crippen molar-refractivity contribution in [3.8, 4) is 0 Å². The maximum Gasteiger partial charge on any atom is 0.417 e. The molecule has 1 N–H and O–H groups in total. The summed E-state index contributed by atoms with van der Waals surface area (Å²) in [6.07, 6.45) is -1.45. The summed E-state index contributed by atoms with van der Waals surface area (Å²) in [7, 11) is -3.76. The van der Waals surface area contributed by atoms with Crippen molar-refractivity contribution in [3.63, 3.8) is 0 Å². The lowest BCUT2D eigenvalue weighted by Crippen LogP contribution is -2.54. The van der Waals surface area contributed by atoms with Crippen LogP contribution in [0.1, 0.15) is 42.4 Å². The Morgan fingerprint density at radius 1 is 1.21 bits per heavy atom. The average molecular weight is 486 g/mol. The van der Waals surface area contributed by atoms with Crippen LogP contribution in [0.3, 0.4) is 0 Å². The molecule has 1 saturated heterocycles. The first-order valence-corrected chi connectivity index (χ1v) is 12.3. The highest BCUT2D eigenvalue weighted by molar-refractivity contribution is 7.89. The molecular weight excluding hydrogens is 459 g/mol. The van der Waals surface area contributed by atoms with Crippen LogP contribution in [0, 0.1) is 0 Å². The zero-order valence-electron chi connectivity index (χ0n) is 18.1. The normalized spacial score (nSPS) is 21.9. The number of sulfonamides is 1. The number of anilines is 1. The molecule has 2 atom stereocenters. The Kier molecular flexibility index (Phi) is 6.68. The van der Waals surface area contributed by atoms with Gasteiger partial charge in [-0.05, 0) is 54.7 Å². The largest absolute Gasteiger partial charge is 0.417 e. The van der Waals surface area contributed by atoms with E-state index in [9.17, 15) is 21.6 Å². The van der Waals surface area contributed by atoms with E-state index in [1.54, 1.807) is 12.1 Å². The molecule has 1 fully saturated rings. The molecule has 2 aliphatic rings. The highest BCUT2D eigenvalue weighted by Gasteiger charge is 2.36. The van der Waals surface area contributed by atoms with E-state index in [0.29, 0.717) is 18.8 Å². The van der Waals surface area contributed by atoms with E-state index in [-0.39, 0.29) is 36.6 Å². The molecule has 2 aromatic rings. The van der Waals surface area contributed by atoms with E-state index in [1.807, 2.05) is 17.9 Å². The standard InChI is InChI=1S/C22H26F3N3O4S/c1-2-18-13-27(9-10-28(18)21-8-6-17(12-26-21)22(23,24)25)33(30,31)19-7-5-15-3-4-16(14-32-29)20(15)11-19/h5-8,11-12,16,18,29H,2-4,9-10,13-14H2,1H3. The van der Waals surface area contributed by atoms with Gasteiger partial charge in [-0.1, -0.05) is 13.0 Å². The third-order valence-electron chi connectivity index (χ3n) is 6.52. The first kappa shape index (κ1) is 23.9. The van der Waals surface area contributed by atoms with Crippen molar-refractivity contribution in [3.05, 3.63) is 53.2 Å². The molecule has 4 rings (SSSR count). The second-order valence-electron chi connectivity index (χ2n) is 8.41. The predicted octanol–water partition coefficient (Wildman–Crippen LogP) is 3.91. The molecule has 0 saturated carbocycles. The minimum Gasteiger partial charge on any atom is -0.351 e. The highest BCUT2D eigenvalue weighted by Crippen LogP contribution is 2.36. The minimum atomic E-state index is -4.46. The van der Waals surface area contributed by atoms with Crippen LogP contribution in [0.2, 0.25) is 0 Å². The number of rotatable bonds is 6. The van der Waals surface area contributed by atoms with Gasteiger partial charge in [0, 0.05) is 37.8 Å². The maximum atomic E-state index is 13.4. The summed E-state index contributed by atoms with van der Waals surface area (Å²) in [4.78, 5) is 10.3. The van der Waals surface area contributed by atoms with Gasteiger partial charge in [-0.15, -0.1) is 0 Å². The van der Waals surface area contributed by atoms with Crippen LogP contribution in [-0.2, 0) is 27.5 Å². The first-order valence-electron chi connectivity index (χ1n) is 10.8. The lowest BCUT2D eigenvalue weighted by atomic mass is 10.0. The van der Waals surface area contributed by atoms with Gasteiger partial charge >= 0.3 is 6.18 Å². The number of alkyl halides is 3. The molecular formula is C22H26F3N3O4S. The van der Waals surface area contributed by atoms with Crippen molar-refractivity contribution in [2.24, 2.45) is 0 Å². The van der Waals surface area contributed by atoms with Crippen LogP contribution in [-0.4, -0.2) is 55.2 Å². The third-order valence-corrected chi connectivity index (χ3v) is 8.38. The van der Waals surface area contributed by atoms with Gasteiger partial charge in [0.25, 0.3) is 0 Å². The summed E-state index contributed by atoms with van der Waals surface area (Å²) in [5, 5.41) is 8.82. The summed E-state index contributed by atoms with van der Waals surface area (Å²) in [6, 6.07) is 7.21. The first-order chi connectivity index (χ1) is 15.6. The van der Waals surface area contributed by atoms with Gasteiger partial charge in [-0.3, -0.25) is 5.26 Å². The van der Waals surface area contributed by atoms with Gasteiger partial charge in [0.15, 0.2) is 0 Å².